The Labute approximate surface area is 393 Å². The van der Waals surface area contributed by atoms with E-state index in [-0.39, 0.29) is 49.5 Å². The van der Waals surface area contributed by atoms with Crippen LogP contribution in [0.25, 0.3) is 0 Å². The molecule has 0 radical (unpaired) electrons. The van der Waals surface area contributed by atoms with E-state index in [1.165, 1.54) is 65.2 Å². The second kappa shape index (κ2) is 25.6. The summed E-state index contributed by atoms with van der Waals surface area (Å²) >= 11 is 0. The fourth-order valence-corrected chi connectivity index (χ4v) is 8.65. The van der Waals surface area contributed by atoms with Crippen molar-refractivity contribution >= 4 is 35.5 Å². The Morgan fingerprint density at radius 1 is 0.701 bits per heavy atom. The van der Waals surface area contributed by atoms with E-state index in [9.17, 15) is 54.3 Å². The number of rotatable bonds is 25. The van der Waals surface area contributed by atoms with E-state index in [1.54, 1.807) is 57.3 Å². The number of aliphatic hydroxyl groups is 1. The Kier molecular flexibility index (Phi) is 20.4. The first-order valence-electron chi connectivity index (χ1n) is 23.2. The Bertz CT molecular complexity index is 2100. The standard InChI is InChI=1S/C50H70N6O11/c1-7-8-9-10-11-13-38(51-4)44(60)46(62)52-39(28-32-15-21-35(57)22-16-32)47(63)55(6)43(31(2)3)49(65)54(5)42(30-34-19-25-37(59)26-20-34)48(64)56-27-12-14-41(56)45(61)53-40(50(66)67)29-33-17-23-36(58)24-18-33/h15-26,31,38-44,51,57-60H,7-14,27-30H2,1-6H3,(H,52,62)(H,53,61)(H,66,67)/t38-,39-,40-,41+,42-,43-,44-/m0/s1. The highest BCUT2D eigenvalue weighted by atomic mass is 16.4. The Morgan fingerprint density at radius 2 is 1.21 bits per heavy atom. The third kappa shape index (κ3) is 15.2. The van der Waals surface area contributed by atoms with Crippen molar-refractivity contribution in [2.45, 2.75) is 134 Å². The summed E-state index contributed by atoms with van der Waals surface area (Å²) < 4.78 is 0. The van der Waals surface area contributed by atoms with Crippen LogP contribution in [-0.4, -0.2) is 146 Å². The van der Waals surface area contributed by atoms with Gasteiger partial charge in [0.05, 0.1) is 0 Å². The third-order valence-corrected chi connectivity index (χ3v) is 12.6. The maximum absolute atomic E-state index is 14.9. The number of aliphatic carboxylic acids is 1. The van der Waals surface area contributed by atoms with E-state index >= 15 is 0 Å². The van der Waals surface area contributed by atoms with Crippen LogP contribution in [0.5, 0.6) is 17.2 Å². The average molecular weight is 931 g/mol. The van der Waals surface area contributed by atoms with Gasteiger partial charge in [0, 0.05) is 45.9 Å². The molecule has 0 aromatic heterocycles. The largest absolute Gasteiger partial charge is 0.508 e. The van der Waals surface area contributed by atoms with E-state index in [2.05, 4.69) is 22.9 Å². The summed E-state index contributed by atoms with van der Waals surface area (Å²) in [7, 11) is 4.53. The van der Waals surface area contributed by atoms with Crippen molar-refractivity contribution in [2.24, 2.45) is 5.92 Å². The van der Waals surface area contributed by atoms with Gasteiger partial charge in [0.2, 0.25) is 23.6 Å². The van der Waals surface area contributed by atoms with Gasteiger partial charge in [-0.25, -0.2) is 4.79 Å². The molecular weight excluding hydrogens is 861 g/mol. The molecule has 17 nitrogen and oxygen atoms in total. The molecule has 1 aliphatic rings. The minimum Gasteiger partial charge on any atom is -0.508 e. The lowest BCUT2D eigenvalue weighted by Gasteiger charge is -2.39. The van der Waals surface area contributed by atoms with E-state index < -0.39 is 83.8 Å². The highest BCUT2D eigenvalue weighted by Gasteiger charge is 2.43. The summed E-state index contributed by atoms with van der Waals surface area (Å²) in [4.78, 5) is 88.1. The van der Waals surface area contributed by atoms with Crippen molar-refractivity contribution in [2.75, 3.05) is 27.7 Å². The Morgan fingerprint density at radius 3 is 1.70 bits per heavy atom. The number of carbonyl (C=O) groups is 6. The molecule has 0 aliphatic carbocycles. The van der Waals surface area contributed by atoms with Gasteiger partial charge >= 0.3 is 5.97 Å². The number of unbranched alkanes of at least 4 members (excludes halogenated alkanes) is 4. The van der Waals surface area contributed by atoms with Crippen LogP contribution in [0.2, 0.25) is 0 Å². The van der Waals surface area contributed by atoms with Crippen LogP contribution >= 0.6 is 0 Å². The van der Waals surface area contributed by atoms with E-state index in [4.69, 9.17) is 0 Å². The van der Waals surface area contributed by atoms with Crippen molar-refractivity contribution in [3.05, 3.63) is 89.5 Å². The van der Waals surface area contributed by atoms with Crippen LogP contribution in [-0.2, 0) is 48.0 Å². The summed E-state index contributed by atoms with van der Waals surface area (Å²) in [6.07, 6.45) is 4.44. The predicted molar refractivity (Wildman–Crippen MR) is 252 cm³/mol. The summed E-state index contributed by atoms with van der Waals surface area (Å²) in [6, 6.07) is 11.5. The normalized spacial score (nSPS) is 16.3. The van der Waals surface area contributed by atoms with Gasteiger partial charge < -0.3 is 56.2 Å². The molecule has 3 aromatic rings. The lowest BCUT2D eigenvalue weighted by atomic mass is 9.96. The number of carbonyl (C=O) groups excluding carboxylic acids is 5. The monoisotopic (exact) mass is 931 g/mol. The number of likely N-dealkylation sites (N-methyl/N-ethyl adjacent to an activating group) is 3. The minimum absolute atomic E-state index is 0.000128. The molecule has 1 saturated heterocycles. The van der Waals surface area contributed by atoms with Crippen LogP contribution in [0.3, 0.4) is 0 Å². The number of carboxylic acids is 1. The molecule has 0 unspecified atom stereocenters. The van der Waals surface area contributed by atoms with Crippen molar-refractivity contribution in [1.82, 2.24) is 30.7 Å². The van der Waals surface area contributed by atoms with Gasteiger partial charge in [-0.3, -0.25) is 24.0 Å². The smallest absolute Gasteiger partial charge is 0.326 e. The molecule has 366 valence electrons. The zero-order valence-corrected chi connectivity index (χ0v) is 39.6. The molecule has 0 bridgehead atoms. The molecule has 4 rings (SSSR count). The number of nitrogens with one attached hydrogen (secondary N) is 3. The molecular formula is C50H70N6O11. The second-order valence-electron chi connectivity index (χ2n) is 17.9. The number of aromatic hydroxyl groups is 3. The van der Waals surface area contributed by atoms with Gasteiger partial charge in [-0.05, 0) is 85.3 Å². The number of aliphatic hydroxyl groups excluding tert-OH is 1. The predicted octanol–water partition coefficient (Wildman–Crippen LogP) is 3.50. The number of likely N-dealkylation sites (tertiary alicyclic amines) is 1. The molecule has 0 saturated carbocycles. The maximum atomic E-state index is 14.9. The van der Waals surface area contributed by atoms with E-state index in [0.29, 0.717) is 29.5 Å². The Hall–Kier alpha value is -6.20. The number of phenolic OH excluding ortho intramolecular Hbond substituents is 3. The van der Waals surface area contributed by atoms with Gasteiger partial charge in [0.25, 0.3) is 5.91 Å². The zero-order valence-electron chi connectivity index (χ0n) is 39.6. The highest BCUT2D eigenvalue weighted by molar-refractivity contribution is 5.97. The number of hydrogen-bond acceptors (Lipinski definition) is 11. The molecule has 7 atom stereocenters. The number of phenols is 3. The maximum Gasteiger partial charge on any atom is 0.326 e. The van der Waals surface area contributed by atoms with Crippen molar-refractivity contribution in [1.29, 1.82) is 0 Å². The van der Waals surface area contributed by atoms with Crippen LogP contribution in [0.1, 0.15) is 88.8 Å². The number of hydrogen-bond donors (Lipinski definition) is 8. The van der Waals surface area contributed by atoms with Crippen molar-refractivity contribution < 1.29 is 54.3 Å². The summed E-state index contributed by atoms with van der Waals surface area (Å²) in [5.41, 5.74) is 1.72. The van der Waals surface area contributed by atoms with Crippen molar-refractivity contribution in [3.8, 4) is 17.2 Å². The van der Waals surface area contributed by atoms with Gasteiger partial charge in [0.15, 0.2) is 0 Å². The fraction of sp³-hybridized carbons (Fsp3) is 0.520. The van der Waals surface area contributed by atoms with E-state index in [1.807, 2.05) is 0 Å². The SMILES string of the molecule is CCCCCCC[C@H](NC)[C@H](O)C(=O)N[C@@H](Cc1ccc(O)cc1)C(=O)N(C)[C@H](C(=O)N(C)[C@@H](Cc1ccc(O)cc1)C(=O)N1CCC[C@@H]1C(=O)N[C@@H](Cc1ccc(O)cc1)C(=O)O)C(C)C. The minimum atomic E-state index is -1.50. The van der Waals surface area contributed by atoms with Gasteiger partial charge in [0.1, 0.15) is 53.6 Å². The van der Waals surface area contributed by atoms with Crippen LogP contribution in [0.4, 0.5) is 0 Å². The molecule has 0 spiro atoms. The zero-order chi connectivity index (χ0) is 49.4. The lowest BCUT2D eigenvalue weighted by molar-refractivity contribution is -0.153. The third-order valence-electron chi connectivity index (χ3n) is 12.6. The number of carboxylic acid groups (broad SMARTS) is 1. The summed E-state index contributed by atoms with van der Waals surface area (Å²) in [6.45, 7) is 5.74. The molecule has 17 heteroatoms. The number of benzene rings is 3. The van der Waals surface area contributed by atoms with Gasteiger partial charge in [-0.2, -0.15) is 0 Å². The first kappa shape index (κ1) is 53.4. The van der Waals surface area contributed by atoms with Gasteiger partial charge in [-0.15, -0.1) is 0 Å². The molecule has 67 heavy (non-hydrogen) atoms. The molecule has 1 aliphatic heterocycles. The van der Waals surface area contributed by atoms with Crippen LogP contribution in [0, 0.1) is 5.92 Å². The second-order valence-corrected chi connectivity index (χ2v) is 17.9. The Balaban J connectivity index is 1.62. The number of nitrogens with zero attached hydrogens (tertiary/aromatic N) is 3. The molecule has 3 aromatic carbocycles. The summed E-state index contributed by atoms with van der Waals surface area (Å²) in [5.74, 6) is -5.14. The van der Waals surface area contributed by atoms with E-state index in [0.717, 1.165) is 32.1 Å². The van der Waals surface area contributed by atoms with Gasteiger partial charge in [-0.1, -0.05) is 89.3 Å². The molecule has 1 heterocycles. The average Bonchev–Trinajstić information content (AvgIpc) is 3.80. The van der Waals surface area contributed by atoms with Crippen LogP contribution < -0.4 is 16.0 Å². The fourth-order valence-electron chi connectivity index (χ4n) is 8.65. The first-order chi connectivity index (χ1) is 31.9. The number of amides is 5. The topological polar surface area (TPSA) is 249 Å². The first-order valence-corrected chi connectivity index (χ1v) is 23.2. The molecule has 1 fully saturated rings. The van der Waals surface area contributed by atoms with Crippen LogP contribution in [0.15, 0.2) is 72.8 Å². The van der Waals surface area contributed by atoms with Crippen molar-refractivity contribution in [3.63, 3.8) is 0 Å². The molecule has 8 N–H and O–H groups in total. The summed E-state index contributed by atoms with van der Waals surface area (Å²) in [5, 5.41) is 59.3. The highest BCUT2D eigenvalue weighted by Crippen LogP contribution is 2.25. The lowest BCUT2D eigenvalue weighted by Crippen LogP contribution is -2.61. The molecule has 5 amide bonds. The quantitative estimate of drug-likeness (QED) is 0.0569.